The van der Waals surface area contributed by atoms with Crippen molar-refractivity contribution in [3.8, 4) is 12.3 Å². The number of aromatic nitrogens is 4. The first-order valence-electron chi connectivity index (χ1n) is 9.58. The first-order chi connectivity index (χ1) is 14.5. The number of nitrogens with two attached hydrogens (primary N) is 1. The Labute approximate surface area is 179 Å². The number of hydrogen-bond donors (Lipinski definition) is 1. The van der Waals surface area contributed by atoms with E-state index in [1.807, 2.05) is 0 Å². The predicted octanol–water partition coefficient (Wildman–Crippen LogP) is 1.33. The molecule has 2 heterocycles. The molecule has 168 valence electrons. The Bertz CT molecular complexity index is 1000. The van der Waals surface area contributed by atoms with Crippen molar-refractivity contribution < 1.29 is 28.2 Å². The molecule has 0 fully saturated rings. The third-order valence-corrected chi connectivity index (χ3v) is 4.58. The molecule has 0 spiro atoms. The summed E-state index contributed by atoms with van der Waals surface area (Å²) < 4.78 is 31.5. The maximum absolute atomic E-state index is 13.7. The molecule has 0 aliphatic rings. The van der Waals surface area contributed by atoms with Crippen LogP contribution in [0.5, 0.6) is 0 Å². The zero-order valence-corrected chi connectivity index (χ0v) is 18.1. The molecule has 0 radical (unpaired) electrons. The van der Waals surface area contributed by atoms with E-state index < -0.39 is 41.6 Å². The van der Waals surface area contributed by atoms with E-state index in [0.717, 1.165) is 0 Å². The van der Waals surface area contributed by atoms with Crippen molar-refractivity contribution in [2.24, 2.45) is 11.8 Å². The summed E-state index contributed by atoms with van der Waals surface area (Å²) in [6.45, 7) is 6.14. The van der Waals surface area contributed by atoms with Crippen LogP contribution in [0.2, 0.25) is 0 Å². The summed E-state index contributed by atoms with van der Waals surface area (Å²) in [6.07, 6.45) is 4.90. The highest BCUT2D eigenvalue weighted by Crippen LogP contribution is 2.25. The monoisotopic (exact) mass is 435 g/mol. The summed E-state index contributed by atoms with van der Waals surface area (Å²) in [5.41, 5.74) is 4.33. The fourth-order valence-corrected chi connectivity index (χ4v) is 2.63. The maximum atomic E-state index is 13.7. The molecule has 11 heteroatoms. The van der Waals surface area contributed by atoms with Crippen molar-refractivity contribution in [2.75, 3.05) is 19.5 Å². The Balaban J connectivity index is 2.47. The van der Waals surface area contributed by atoms with Gasteiger partial charge in [0.2, 0.25) is 5.60 Å². The normalized spacial score (nSPS) is 14.3. The molecule has 0 unspecified atom stereocenters. The van der Waals surface area contributed by atoms with Gasteiger partial charge in [0.15, 0.2) is 17.6 Å². The summed E-state index contributed by atoms with van der Waals surface area (Å²) in [4.78, 5) is 35.6. The number of esters is 2. The van der Waals surface area contributed by atoms with Crippen LogP contribution < -0.4 is 5.73 Å². The fraction of sp³-hybridized carbons (Fsp3) is 0.550. The molecule has 0 aromatic carbocycles. The Hall–Kier alpha value is -3.26. The molecule has 0 bridgehead atoms. The highest BCUT2D eigenvalue weighted by atomic mass is 19.1. The summed E-state index contributed by atoms with van der Waals surface area (Å²) in [7, 11) is 1.31. The fourth-order valence-electron chi connectivity index (χ4n) is 2.63. The van der Waals surface area contributed by atoms with Crippen molar-refractivity contribution >= 4 is 28.9 Å². The predicted molar refractivity (Wildman–Crippen MR) is 109 cm³/mol. The van der Waals surface area contributed by atoms with E-state index in [1.54, 1.807) is 27.7 Å². The van der Waals surface area contributed by atoms with Crippen molar-refractivity contribution in [3.05, 3.63) is 12.4 Å². The molecule has 10 nitrogen and oxygen atoms in total. The van der Waals surface area contributed by atoms with Gasteiger partial charge in [-0.05, 0) is 0 Å². The van der Waals surface area contributed by atoms with E-state index >= 15 is 0 Å². The third kappa shape index (κ3) is 5.27. The highest BCUT2D eigenvalue weighted by molar-refractivity contribution is 5.81. The van der Waals surface area contributed by atoms with Gasteiger partial charge in [0.25, 0.3) is 0 Å². The number of imidazole rings is 1. The molecule has 0 aliphatic heterocycles. The molecule has 0 amide bonds. The van der Waals surface area contributed by atoms with Crippen LogP contribution in [0.15, 0.2) is 6.33 Å². The smallest absolute Gasteiger partial charge is 0.312 e. The molecule has 0 saturated heterocycles. The topological polar surface area (TPSA) is 131 Å². The highest BCUT2D eigenvalue weighted by Gasteiger charge is 2.43. The zero-order valence-electron chi connectivity index (χ0n) is 18.1. The molecule has 2 atom stereocenters. The number of carbonyl (C=O) groups excluding carboxylic acids is 2. The largest absolute Gasteiger partial charge is 0.461 e. The number of ether oxygens (including phenoxy) is 3. The standard InChI is InChI=1S/C20H26FN5O5/c1-7-20(29-6,9-30-17(27)11(2)3)13(31-18(28)12(4)5)8-26-10-23-14-15(22)24-19(21)25-16(14)26/h1,10-13H,8-9H2,2-6H3,(H2,22,24,25)/t13-,20+/m0/s1. The number of nitrogen functional groups attached to an aromatic ring is 1. The summed E-state index contributed by atoms with van der Waals surface area (Å²) in [5, 5.41) is 0. The van der Waals surface area contributed by atoms with Crippen LogP contribution in [0.4, 0.5) is 10.2 Å². The van der Waals surface area contributed by atoms with Gasteiger partial charge in [0.1, 0.15) is 12.1 Å². The van der Waals surface area contributed by atoms with Crippen LogP contribution in [0.1, 0.15) is 27.7 Å². The number of halogens is 1. The Morgan fingerprint density at radius 2 is 1.90 bits per heavy atom. The minimum atomic E-state index is -1.62. The lowest BCUT2D eigenvalue weighted by Crippen LogP contribution is -2.52. The molecule has 2 rings (SSSR count). The van der Waals surface area contributed by atoms with Crippen LogP contribution in [0.3, 0.4) is 0 Å². The quantitative estimate of drug-likeness (QED) is 0.352. The van der Waals surface area contributed by atoms with E-state index in [4.69, 9.17) is 26.4 Å². The van der Waals surface area contributed by atoms with Gasteiger partial charge in [-0.1, -0.05) is 33.6 Å². The first kappa shape index (κ1) is 24.0. The lowest BCUT2D eigenvalue weighted by atomic mass is 9.97. The minimum Gasteiger partial charge on any atom is -0.461 e. The molecule has 2 aromatic rings. The number of anilines is 1. The molecule has 31 heavy (non-hydrogen) atoms. The Kier molecular flexibility index (Phi) is 7.51. The zero-order chi connectivity index (χ0) is 23.3. The average molecular weight is 435 g/mol. The number of rotatable bonds is 9. The Morgan fingerprint density at radius 3 is 2.45 bits per heavy atom. The molecular weight excluding hydrogens is 409 g/mol. The number of nitrogens with zero attached hydrogens (tertiary/aromatic N) is 4. The minimum absolute atomic E-state index is 0.0804. The van der Waals surface area contributed by atoms with E-state index in [0.29, 0.717) is 0 Å². The molecule has 2 N–H and O–H groups in total. The second-order valence-electron chi connectivity index (χ2n) is 7.53. The third-order valence-electron chi connectivity index (χ3n) is 4.58. The number of fused-ring (bicyclic) bond motifs is 1. The number of terminal acetylenes is 1. The second-order valence-corrected chi connectivity index (χ2v) is 7.53. The number of carbonyl (C=O) groups is 2. The summed E-state index contributed by atoms with van der Waals surface area (Å²) in [6, 6.07) is 0. The maximum Gasteiger partial charge on any atom is 0.312 e. The van der Waals surface area contributed by atoms with Crippen LogP contribution in [-0.4, -0.2) is 56.9 Å². The lowest BCUT2D eigenvalue weighted by Gasteiger charge is -2.35. The van der Waals surface area contributed by atoms with Gasteiger partial charge in [-0.3, -0.25) is 9.59 Å². The van der Waals surface area contributed by atoms with E-state index in [9.17, 15) is 14.0 Å². The van der Waals surface area contributed by atoms with Gasteiger partial charge >= 0.3 is 18.0 Å². The van der Waals surface area contributed by atoms with Crippen LogP contribution >= 0.6 is 0 Å². The van der Waals surface area contributed by atoms with E-state index in [-0.39, 0.29) is 30.1 Å². The van der Waals surface area contributed by atoms with Crippen LogP contribution in [0.25, 0.3) is 11.2 Å². The van der Waals surface area contributed by atoms with Crippen molar-refractivity contribution in [3.63, 3.8) is 0 Å². The van der Waals surface area contributed by atoms with Crippen LogP contribution in [-0.2, 0) is 30.3 Å². The van der Waals surface area contributed by atoms with Crippen molar-refractivity contribution in [2.45, 2.75) is 45.9 Å². The lowest BCUT2D eigenvalue weighted by molar-refractivity contribution is -0.178. The van der Waals surface area contributed by atoms with Gasteiger partial charge in [-0.25, -0.2) is 4.98 Å². The average Bonchev–Trinajstić information content (AvgIpc) is 3.11. The van der Waals surface area contributed by atoms with Gasteiger partial charge < -0.3 is 24.5 Å². The molecule has 0 saturated carbocycles. The van der Waals surface area contributed by atoms with Crippen molar-refractivity contribution in [1.29, 1.82) is 0 Å². The van der Waals surface area contributed by atoms with Gasteiger partial charge in [0, 0.05) is 7.11 Å². The van der Waals surface area contributed by atoms with E-state index in [1.165, 1.54) is 18.0 Å². The summed E-state index contributed by atoms with van der Waals surface area (Å²) >= 11 is 0. The second kappa shape index (κ2) is 9.70. The first-order valence-corrected chi connectivity index (χ1v) is 9.58. The molecule has 0 aliphatic carbocycles. The van der Waals surface area contributed by atoms with Crippen molar-refractivity contribution in [1.82, 2.24) is 19.5 Å². The number of methoxy groups -OCH3 is 1. The Morgan fingerprint density at radius 1 is 1.26 bits per heavy atom. The molecule has 2 aromatic heterocycles. The summed E-state index contributed by atoms with van der Waals surface area (Å²) in [5.74, 6) is 0.383. The van der Waals surface area contributed by atoms with Crippen LogP contribution in [0, 0.1) is 30.3 Å². The molecular formula is C20H26FN5O5. The SMILES string of the molecule is C#C[C@](COC(=O)C(C)C)(OC)[C@H](Cn1cnc2c(N)nc(F)nc21)OC(=O)C(C)C. The van der Waals surface area contributed by atoms with Gasteiger partial charge in [-0.15, -0.1) is 6.42 Å². The van der Waals surface area contributed by atoms with Gasteiger partial charge in [0.05, 0.1) is 24.7 Å². The number of hydrogen-bond acceptors (Lipinski definition) is 9. The van der Waals surface area contributed by atoms with Gasteiger partial charge in [-0.2, -0.15) is 14.4 Å². The van der Waals surface area contributed by atoms with E-state index in [2.05, 4.69) is 20.9 Å².